The smallest absolute Gasteiger partial charge is 0.227 e. The molecule has 5 rings (SSSR count). The Morgan fingerprint density at radius 2 is 1.94 bits per heavy atom. The monoisotopic (exact) mass is 464 g/mol. The number of nitrogens with one attached hydrogen (secondary N) is 2. The van der Waals surface area contributed by atoms with Gasteiger partial charge in [0, 0.05) is 18.0 Å². The average molecular weight is 465 g/mol. The molecule has 3 N–H and O–H groups in total. The summed E-state index contributed by atoms with van der Waals surface area (Å²) in [5.74, 6) is 2.17. The Morgan fingerprint density at radius 1 is 1.12 bits per heavy atom. The van der Waals surface area contributed by atoms with Gasteiger partial charge in [0.25, 0.3) is 0 Å². The Bertz CT molecular complexity index is 1180. The standard InChI is InChI=1S/C24H28N6O2S/c1-32-20-8-2-16(3-9-20)10-12-25-22-21-23(30(15-26-21)18-11-13-33-14-18)29-24(28-22)27-17-4-6-19(31)7-5-17/h2-3,8-9,11,13-15,17,19,31H,4-7,10,12H2,1H3,(H2,25,27,28,29). The number of hydrogen-bond donors (Lipinski definition) is 3. The van der Waals surface area contributed by atoms with Gasteiger partial charge >= 0.3 is 0 Å². The number of thiophene rings is 1. The second-order valence-electron chi connectivity index (χ2n) is 8.34. The van der Waals surface area contributed by atoms with Crippen molar-refractivity contribution < 1.29 is 9.84 Å². The summed E-state index contributed by atoms with van der Waals surface area (Å²) in [5, 5.41) is 20.9. The molecule has 0 unspecified atom stereocenters. The van der Waals surface area contributed by atoms with Gasteiger partial charge in [0.15, 0.2) is 17.0 Å². The van der Waals surface area contributed by atoms with Crippen LogP contribution in [0.4, 0.5) is 11.8 Å². The third-order valence-corrected chi connectivity index (χ3v) is 6.75. The van der Waals surface area contributed by atoms with Gasteiger partial charge in [0.1, 0.15) is 12.1 Å². The van der Waals surface area contributed by atoms with Crippen molar-refractivity contribution in [2.45, 2.75) is 44.2 Å². The number of ether oxygens (including phenoxy) is 1. The van der Waals surface area contributed by atoms with Crippen LogP contribution in [0.5, 0.6) is 5.75 Å². The fraction of sp³-hybridized carbons (Fsp3) is 0.375. The van der Waals surface area contributed by atoms with Gasteiger partial charge in [-0.3, -0.25) is 4.57 Å². The second-order valence-corrected chi connectivity index (χ2v) is 9.12. The maximum atomic E-state index is 9.83. The first-order chi connectivity index (χ1) is 16.2. The van der Waals surface area contributed by atoms with Crippen molar-refractivity contribution in [3.63, 3.8) is 0 Å². The van der Waals surface area contributed by atoms with E-state index in [1.807, 2.05) is 22.1 Å². The van der Waals surface area contributed by atoms with E-state index in [9.17, 15) is 5.11 Å². The number of methoxy groups -OCH3 is 1. The Kier molecular flexibility index (Phi) is 6.41. The second kappa shape index (κ2) is 9.76. The molecule has 172 valence electrons. The van der Waals surface area contributed by atoms with Crippen LogP contribution in [0, 0.1) is 0 Å². The summed E-state index contributed by atoms with van der Waals surface area (Å²) in [7, 11) is 1.67. The van der Waals surface area contributed by atoms with E-state index < -0.39 is 0 Å². The van der Waals surface area contributed by atoms with Crippen molar-refractivity contribution in [1.82, 2.24) is 19.5 Å². The van der Waals surface area contributed by atoms with Crippen molar-refractivity contribution in [2.75, 3.05) is 24.3 Å². The maximum absolute atomic E-state index is 9.83. The van der Waals surface area contributed by atoms with Gasteiger partial charge in [-0.05, 0) is 61.2 Å². The van der Waals surface area contributed by atoms with E-state index in [2.05, 4.69) is 39.2 Å². The summed E-state index contributed by atoms with van der Waals surface area (Å²) in [4.78, 5) is 14.2. The Hall–Kier alpha value is -3.17. The Balaban J connectivity index is 1.39. The van der Waals surface area contributed by atoms with Crippen molar-refractivity contribution in [3.05, 3.63) is 53.0 Å². The molecule has 0 amide bonds. The van der Waals surface area contributed by atoms with E-state index in [-0.39, 0.29) is 12.1 Å². The predicted molar refractivity (Wildman–Crippen MR) is 132 cm³/mol. The van der Waals surface area contributed by atoms with Gasteiger partial charge in [-0.15, -0.1) is 0 Å². The fourth-order valence-electron chi connectivity index (χ4n) is 4.19. The van der Waals surface area contributed by atoms with Crippen LogP contribution in [0.2, 0.25) is 0 Å². The number of fused-ring (bicyclic) bond motifs is 1. The maximum Gasteiger partial charge on any atom is 0.227 e. The number of rotatable bonds is 8. The molecule has 0 aliphatic heterocycles. The van der Waals surface area contributed by atoms with E-state index in [4.69, 9.17) is 14.7 Å². The van der Waals surface area contributed by atoms with Crippen LogP contribution in [-0.4, -0.2) is 50.4 Å². The highest BCUT2D eigenvalue weighted by Gasteiger charge is 2.21. The highest BCUT2D eigenvalue weighted by atomic mass is 32.1. The molecule has 0 radical (unpaired) electrons. The first kappa shape index (κ1) is 21.7. The minimum Gasteiger partial charge on any atom is -0.497 e. The molecule has 1 fully saturated rings. The van der Waals surface area contributed by atoms with Gasteiger partial charge in [0.05, 0.1) is 18.9 Å². The molecular formula is C24H28N6O2S. The molecule has 3 heterocycles. The zero-order chi connectivity index (χ0) is 22.6. The van der Waals surface area contributed by atoms with Crippen LogP contribution in [-0.2, 0) is 6.42 Å². The van der Waals surface area contributed by atoms with Crippen LogP contribution in [0.15, 0.2) is 47.4 Å². The van der Waals surface area contributed by atoms with Crippen LogP contribution < -0.4 is 15.4 Å². The van der Waals surface area contributed by atoms with Gasteiger partial charge in [-0.2, -0.15) is 21.3 Å². The molecule has 9 heteroatoms. The molecule has 1 aromatic carbocycles. The largest absolute Gasteiger partial charge is 0.497 e. The van der Waals surface area contributed by atoms with E-state index in [1.165, 1.54) is 5.56 Å². The van der Waals surface area contributed by atoms with Gasteiger partial charge in [0.2, 0.25) is 5.95 Å². The van der Waals surface area contributed by atoms with Crippen LogP contribution in [0.1, 0.15) is 31.2 Å². The summed E-state index contributed by atoms with van der Waals surface area (Å²) < 4.78 is 7.24. The molecule has 0 bridgehead atoms. The quantitative estimate of drug-likeness (QED) is 0.359. The number of imidazole rings is 1. The average Bonchev–Trinajstić information content (AvgIpc) is 3.51. The molecule has 1 aliphatic rings. The van der Waals surface area contributed by atoms with E-state index in [0.29, 0.717) is 5.95 Å². The number of anilines is 2. The number of aliphatic hydroxyl groups excluding tert-OH is 1. The molecule has 1 aliphatic carbocycles. The third-order valence-electron chi connectivity index (χ3n) is 6.08. The van der Waals surface area contributed by atoms with Gasteiger partial charge < -0.3 is 20.5 Å². The summed E-state index contributed by atoms with van der Waals surface area (Å²) in [6.45, 7) is 0.721. The molecule has 0 saturated heterocycles. The van der Waals surface area contributed by atoms with Crippen molar-refractivity contribution in [3.8, 4) is 11.4 Å². The minimum atomic E-state index is -0.193. The summed E-state index contributed by atoms with van der Waals surface area (Å²) >= 11 is 1.64. The van der Waals surface area contributed by atoms with Gasteiger partial charge in [-0.1, -0.05) is 12.1 Å². The highest BCUT2D eigenvalue weighted by molar-refractivity contribution is 7.08. The first-order valence-electron chi connectivity index (χ1n) is 11.3. The van der Waals surface area contributed by atoms with E-state index >= 15 is 0 Å². The lowest BCUT2D eigenvalue weighted by Gasteiger charge is -2.26. The lowest BCUT2D eigenvalue weighted by molar-refractivity contribution is 0.126. The normalized spacial score (nSPS) is 18.4. The topological polar surface area (TPSA) is 97.1 Å². The molecule has 4 aromatic rings. The number of nitrogens with zero attached hydrogens (tertiary/aromatic N) is 4. The number of aliphatic hydroxyl groups is 1. The lowest BCUT2D eigenvalue weighted by atomic mass is 9.93. The summed E-state index contributed by atoms with van der Waals surface area (Å²) in [6.07, 6.45) is 5.89. The van der Waals surface area contributed by atoms with Crippen molar-refractivity contribution in [1.29, 1.82) is 0 Å². The molecule has 1 saturated carbocycles. The molecule has 0 atom stereocenters. The Morgan fingerprint density at radius 3 is 2.67 bits per heavy atom. The third kappa shape index (κ3) is 4.94. The first-order valence-corrected chi connectivity index (χ1v) is 12.2. The number of hydrogen-bond acceptors (Lipinski definition) is 8. The van der Waals surface area contributed by atoms with Crippen LogP contribution in [0.3, 0.4) is 0 Å². The zero-order valence-electron chi connectivity index (χ0n) is 18.6. The SMILES string of the molecule is COc1ccc(CCNc2nc(NC3CCC(O)CC3)nc3c2ncn3-c2ccsc2)cc1. The van der Waals surface area contributed by atoms with E-state index in [0.717, 1.165) is 67.1 Å². The lowest BCUT2D eigenvalue weighted by Crippen LogP contribution is -2.29. The molecule has 33 heavy (non-hydrogen) atoms. The van der Waals surface area contributed by atoms with Gasteiger partial charge in [-0.25, -0.2) is 4.98 Å². The highest BCUT2D eigenvalue weighted by Crippen LogP contribution is 2.27. The molecule has 3 aromatic heterocycles. The Labute approximate surface area is 196 Å². The molecule has 8 nitrogen and oxygen atoms in total. The van der Waals surface area contributed by atoms with Crippen LogP contribution >= 0.6 is 11.3 Å². The molecular weight excluding hydrogens is 436 g/mol. The predicted octanol–water partition coefficient (Wildman–Crippen LogP) is 4.26. The minimum absolute atomic E-state index is 0.193. The summed E-state index contributed by atoms with van der Waals surface area (Å²) in [5.41, 5.74) is 3.78. The van der Waals surface area contributed by atoms with Crippen molar-refractivity contribution >= 4 is 34.3 Å². The number of aromatic nitrogens is 4. The molecule has 0 spiro atoms. The fourth-order valence-corrected chi connectivity index (χ4v) is 4.82. The van der Waals surface area contributed by atoms with Crippen molar-refractivity contribution in [2.24, 2.45) is 0 Å². The van der Waals surface area contributed by atoms with E-state index in [1.54, 1.807) is 24.8 Å². The van der Waals surface area contributed by atoms with Crippen LogP contribution in [0.25, 0.3) is 16.9 Å². The number of benzene rings is 1. The zero-order valence-corrected chi connectivity index (χ0v) is 19.4. The summed E-state index contributed by atoms with van der Waals surface area (Å²) in [6, 6.07) is 10.4.